The Kier molecular flexibility index (Phi) is 1.88. The molecular formula is C8H12O2. The van der Waals surface area contributed by atoms with E-state index in [0.717, 1.165) is 6.42 Å². The first-order chi connectivity index (χ1) is 4.61. The molecule has 2 heteroatoms. The quantitative estimate of drug-likeness (QED) is 0.474. The molecule has 10 heavy (non-hydrogen) atoms. The summed E-state index contributed by atoms with van der Waals surface area (Å²) in [6, 6.07) is 0. The van der Waals surface area contributed by atoms with Gasteiger partial charge in [0.05, 0.1) is 6.42 Å². The molecule has 0 amide bonds. The molecule has 2 unspecified atom stereocenters. The van der Waals surface area contributed by atoms with Gasteiger partial charge in [0.25, 0.3) is 0 Å². The first kappa shape index (κ1) is 7.45. The van der Waals surface area contributed by atoms with Gasteiger partial charge < -0.3 is 0 Å². The Labute approximate surface area is 60.6 Å². The molecule has 2 atom stereocenters. The minimum Gasteiger partial charge on any atom is -0.299 e. The van der Waals surface area contributed by atoms with E-state index in [9.17, 15) is 9.59 Å². The lowest BCUT2D eigenvalue weighted by Gasteiger charge is -2.20. The Hall–Kier alpha value is -0.660. The topological polar surface area (TPSA) is 34.1 Å². The molecule has 1 aliphatic carbocycles. The SMILES string of the molecule is CC1CC(C)C(=O)CC1=O. The molecule has 0 aromatic carbocycles. The third-order valence-electron chi connectivity index (χ3n) is 2.15. The van der Waals surface area contributed by atoms with Gasteiger partial charge in [0, 0.05) is 11.8 Å². The predicted molar refractivity (Wildman–Crippen MR) is 37.6 cm³/mol. The summed E-state index contributed by atoms with van der Waals surface area (Å²) in [6.45, 7) is 3.79. The first-order valence-electron chi connectivity index (χ1n) is 3.66. The highest BCUT2D eigenvalue weighted by atomic mass is 16.1. The van der Waals surface area contributed by atoms with Crippen LogP contribution in [0.25, 0.3) is 0 Å². The van der Waals surface area contributed by atoms with Crippen LogP contribution in [0.3, 0.4) is 0 Å². The number of carbonyl (C=O) groups is 2. The van der Waals surface area contributed by atoms with Crippen LogP contribution in [0, 0.1) is 11.8 Å². The number of ketones is 2. The van der Waals surface area contributed by atoms with Gasteiger partial charge in [0.15, 0.2) is 0 Å². The van der Waals surface area contributed by atoms with Crippen LogP contribution in [0.2, 0.25) is 0 Å². The Morgan fingerprint density at radius 3 is 1.80 bits per heavy atom. The molecule has 0 spiro atoms. The Morgan fingerprint density at radius 2 is 1.50 bits per heavy atom. The second-order valence-electron chi connectivity index (χ2n) is 3.15. The van der Waals surface area contributed by atoms with Crippen molar-refractivity contribution in [3.8, 4) is 0 Å². The largest absolute Gasteiger partial charge is 0.299 e. The molecular weight excluding hydrogens is 128 g/mol. The Bertz CT molecular complexity index is 154. The van der Waals surface area contributed by atoms with Crippen LogP contribution in [0.5, 0.6) is 0 Å². The van der Waals surface area contributed by atoms with Crippen molar-refractivity contribution >= 4 is 11.6 Å². The summed E-state index contributed by atoms with van der Waals surface area (Å²) in [4.78, 5) is 21.9. The fraction of sp³-hybridized carbons (Fsp3) is 0.750. The van der Waals surface area contributed by atoms with Crippen LogP contribution in [0.4, 0.5) is 0 Å². The van der Waals surface area contributed by atoms with Crippen LogP contribution in [0.15, 0.2) is 0 Å². The molecule has 0 aromatic heterocycles. The number of hydrogen-bond acceptors (Lipinski definition) is 2. The summed E-state index contributed by atoms with van der Waals surface area (Å²) >= 11 is 0. The monoisotopic (exact) mass is 140 g/mol. The second-order valence-corrected chi connectivity index (χ2v) is 3.15. The normalized spacial score (nSPS) is 34.6. The Morgan fingerprint density at radius 1 is 1.10 bits per heavy atom. The zero-order valence-corrected chi connectivity index (χ0v) is 6.39. The van der Waals surface area contributed by atoms with Crippen LogP contribution < -0.4 is 0 Å². The molecule has 0 N–H and O–H groups in total. The molecule has 1 rings (SSSR count). The number of Topliss-reactive ketones (excluding diaryl/α,β-unsaturated/α-hetero) is 2. The summed E-state index contributed by atoms with van der Waals surface area (Å²) < 4.78 is 0. The molecule has 1 saturated carbocycles. The van der Waals surface area contributed by atoms with Crippen molar-refractivity contribution in [2.24, 2.45) is 11.8 Å². The lowest BCUT2D eigenvalue weighted by Crippen LogP contribution is -2.28. The highest BCUT2D eigenvalue weighted by Crippen LogP contribution is 2.22. The third-order valence-corrected chi connectivity index (χ3v) is 2.15. The summed E-state index contributed by atoms with van der Waals surface area (Å²) in [6.07, 6.45) is 0.917. The molecule has 56 valence electrons. The van der Waals surface area contributed by atoms with E-state index in [-0.39, 0.29) is 29.8 Å². The minimum absolute atomic E-state index is 0.104. The van der Waals surface area contributed by atoms with Crippen LogP contribution in [-0.2, 0) is 9.59 Å². The van der Waals surface area contributed by atoms with Crippen molar-refractivity contribution in [1.29, 1.82) is 0 Å². The van der Waals surface area contributed by atoms with Gasteiger partial charge in [-0.15, -0.1) is 0 Å². The smallest absolute Gasteiger partial charge is 0.143 e. The van der Waals surface area contributed by atoms with Gasteiger partial charge in [-0.2, -0.15) is 0 Å². The van der Waals surface area contributed by atoms with Crippen molar-refractivity contribution in [3.05, 3.63) is 0 Å². The van der Waals surface area contributed by atoms with E-state index >= 15 is 0 Å². The highest BCUT2D eigenvalue weighted by molar-refractivity contribution is 6.03. The summed E-state index contributed by atoms with van der Waals surface area (Å²) in [7, 11) is 0. The van der Waals surface area contributed by atoms with E-state index in [1.807, 2.05) is 13.8 Å². The predicted octanol–water partition coefficient (Wildman–Crippen LogP) is 1.19. The van der Waals surface area contributed by atoms with E-state index in [4.69, 9.17) is 0 Å². The van der Waals surface area contributed by atoms with Crippen LogP contribution in [-0.4, -0.2) is 11.6 Å². The minimum atomic E-state index is 0.104. The van der Waals surface area contributed by atoms with Crippen molar-refractivity contribution in [2.75, 3.05) is 0 Å². The van der Waals surface area contributed by atoms with Gasteiger partial charge in [-0.05, 0) is 6.42 Å². The average molecular weight is 140 g/mol. The maximum atomic E-state index is 10.9. The zero-order chi connectivity index (χ0) is 7.72. The van der Waals surface area contributed by atoms with Gasteiger partial charge in [-0.1, -0.05) is 13.8 Å². The molecule has 0 aliphatic heterocycles. The van der Waals surface area contributed by atoms with Gasteiger partial charge in [-0.3, -0.25) is 9.59 Å². The van der Waals surface area contributed by atoms with E-state index in [1.54, 1.807) is 0 Å². The van der Waals surface area contributed by atoms with Crippen molar-refractivity contribution in [1.82, 2.24) is 0 Å². The lowest BCUT2D eigenvalue weighted by atomic mass is 9.82. The molecule has 0 heterocycles. The summed E-state index contributed by atoms with van der Waals surface area (Å²) in [5, 5.41) is 0. The fourth-order valence-corrected chi connectivity index (χ4v) is 1.31. The van der Waals surface area contributed by atoms with E-state index < -0.39 is 0 Å². The Balaban J connectivity index is 2.63. The molecule has 0 saturated heterocycles. The average Bonchev–Trinajstić information content (AvgIpc) is 1.84. The molecule has 0 radical (unpaired) electrons. The lowest BCUT2D eigenvalue weighted by molar-refractivity contribution is -0.135. The van der Waals surface area contributed by atoms with Gasteiger partial charge in [0.1, 0.15) is 11.6 Å². The van der Waals surface area contributed by atoms with Crippen molar-refractivity contribution in [2.45, 2.75) is 26.7 Å². The van der Waals surface area contributed by atoms with Gasteiger partial charge >= 0.3 is 0 Å². The van der Waals surface area contributed by atoms with Crippen molar-refractivity contribution < 1.29 is 9.59 Å². The number of hydrogen-bond donors (Lipinski definition) is 0. The molecule has 1 aliphatic rings. The molecule has 0 aromatic rings. The summed E-state index contributed by atoms with van der Waals surface area (Å²) in [5.74, 6) is 0.437. The maximum Gasteiger partial charge on any atom is 0.143 e. The standard InChI is InChI=1S/C8H12O2/c1-5-3-6(2)8(10)4-7(5)9/h5-6H,3-4H2,1-2H3. The highest BCUT2D eigenvalue weighted by Gasteiger charge is 2.28. The van der Waals surface area contributed by atoms with Gasteiger partial charge in [-0.25, -0.2) is 0 Å². The number of carbonyl (C=O) groups excluding carboxylic acids is 2. The maximum absolute atomic E-state index is 10.9. The van der Waals surface area contributed by atoms with E-state index in [2.05, 4.69) is 0 Å². The first-order valence-corrected chi connectivity index (χ1v) is 3.66. The van der Waals surface area contributed by atoms with E-state index in [0.29, 0.717) is 0 Å². The molecule has 0 bridgehead atoms. The second kappa shape index (κ2) is 2.52. The van der Waals surface area contributed by atoms with Crippen LogP contribution in [0.1, 0.15) is 26.7 Å². The fourth-order valence-electron chi connectivity index (χ4n) is 1.31. The van der Waals surface area contributed by atoms with Crippen LogP contribution >= 0.6 is 0 Å². The third kappa shape index (κ3) is 1.25. The number of rotatable bonds is 0. The van der Waals surface area contributed by atoms with Gasteiger partial charge in [0.2, 0.25) is 0 Å². The summed E-state index contributed by atoms with van der Waals surface area (Å²) in [5.41, 5.74) is 0. The molecule has 2 nitrogen and oxygen atoms in total. The zero-order valence-electron chi connectivity index (χ0n) is 6.39. The van der Waals surface area contributed by atoms with Crippen molar-refractivity contribution in [3.63, 3.8) is 0 Å². The van der Waals surface area contributed by atoms with E-state index in [1.165, 1.54) is 0 Å². The molecule has 1 fully saturated rings.